The van der Waals surface area contributed by atoms with Crippen molar-refractivity contribution in [3.8, 4) is 11.3 Å². The zero-order chi connectivity index (χ0) is 21.8. The molecule has 4 rings (SSSR count). The van der Waals surface area contributed by atoms with Gasteiger partial charge in [-0.1, -0.05) is 12.1 Å². The highest BCUT2D eigenvalue weighted by Crippen LogP contribution is 2.29. The Bertz CT molecular complexity index is 1050. The van der Waals surface area contributed by atoms with Gasteiger partial charge in [0, 0.05) is 61.0 Å². The standard InChI is InChI=1S/C22H22F2N4O2S/c23-17-10-16(11-18(24)13-17)21(30)25-19-3-1-2-15(12-19)20-14-31-22(26-20)28-6-4-27(5-7-28)8-9-29/h1-3,10-14,29H,4-9H2,(H,25,30). The van der Waals surface area contributed by atoms with Crippen LogP contribution in [0.1, 0.15) is 10.4 Å². The summed E-state index contributed by atoms with van der Waals surface area (Å²) in [7, 11) is 0. The molecule has 1 amide bonds. The molecule has 0 bridgehead atoms. The van der Waals surface area contributed by atoms with Gasteiger partial charge in [-0.25, -0.2) is 13.8 Å². The number of aliphatic hydroxyl groups is 1. The minimum absolute atomic E-state index is 0.0841. The zero-order valence-corrected chi connectivity index (χ0v) is 17.5. The summed E-state index contributed by atoms with van der Waals surface area (Å²) in [6, 6.07) is 9.91. The SMILES string of the molecule is O=C(Nc1cccc(-c2csc(N3CCN(CCO)CC3)n2)c1)c1cc(F)cc(F)c1. The number of halogens is 2. The van der Waals surface area contributed by atoms with Crippen LogP contribution in [0.4, 0.5) is 19.6 Å². The summed E-state index contributed by atoms with van der Waals surface area (Å²) in [5, 5.41) is 14.7. The fourth-order valence-corrected chi connectivity index (χ4v) is 4.38. The van der Waals surface area contributed by atoms with Crippen LogP contribution in [0.3, 0.4) is 0 Å². The molecule has 3 aromatic rings. The van der Waals surface area contributed by atoms with Gasteiger partial charge in [0.25, 0.3) is 5.91 Å². The molecule has 9 heteroatoms. The zero-order valence-electron chi connectivity index (χ0n) is 16.7. The summed E-state index contributed by atoms with van der Waals surface area (Å²) in [6.45, 7) is 4.34. The molecular weight excluding hydrogens is 422 g/mol. The maximum absolute atomic E-state index is 13.4. The van der Waals surface area contributed by atoms with Gasteiger partial charge in [-0.2, -0.15) is 0 Å². The van der Waals surface area contributed by atoms with Gasteiger partial charge in [0.2, 0.25) is 0 Å². The van der Waals surface area contributed by atoms with E-state index in [2.05, 4.69) is 15.1 Å². The first kappa shape index (κ1) is 21.4. The van der Waals surface area contributed by atoms with E-state index in [9.17, 15) is 13.6 Å². The summed E-state index contributed by atoms with van der Waals surface area (Å²) in [5.74, 6) is -2.19. The van der Waals surface area contributed by atoms with E-state index in [4.69, 9.17) is 10.1 Å². The van der Waals surface area contributed by atoms with Crippen molar-refractivity contribution >= 4 is 28.1 Å². The number of hydrogen-bond donors (Lipinski definition) is 2. The number of carbonyl (C=O) groups excluding carboxylic acids is 1. The molecule has 0 saturated carbocycles. The predicted molar refractivity (Wildman–Crippen MR) is 118 cm³/mol. The highest BCUT2D eigenvalue weighted by molar-refractivity contribution is 7.14. The first-order valence-electron chi connectivity index (χ1n) is 9.93. The van der Waals surface area contributed by atoms with Gasteiger partial charge in [0.15, 0.2) is 5.13 Å². The minimum Gasteiger partial charge on any atom is -0.395 e. The summed E-state index contributed by atoms with van der Waals surface area (Å²) in [6.07, 6.45) is 0. The summed E-state index contributed by atoms with van der Waals surface area (Å²) >= 11 is 1.56. The molecule has 2 heterocycles. The van der Waals surface area contributed by atoms with E-state index in [1.165, 1.54) is 0 Å². The Morgan fingerprint density at radius 1 is 1.10 bits per heavy atom. The Balaban J connectivity index is 1.45. The Kier molecular flexibility index (Phi) is 6.55. The van der Waals surface area contributed by atoms with Gasteiger partial charge in [0.1, 0.15) is 11.6 Å². The molecule has 6 nitrogen and oxygen atoms in total. The number of benzene rings is 2. The largest absolute Gasteiger partial charge is 0.395 e. The summed E-state index contributed by atoms with van der Waals surface area (Å²) in [4.78, 5) is 21.6. The van der Waals surface area contributed by atoms with Crippen molar-refractivity contribution in [3.05, 3.63) is 65.0 Å². The molecule has 0 unspecified atom stereocenters. The van der Waals surface area contributed by atoms with E-state index < -0.39 is 17.5 Å². The number of amides is 1. The van der Waals surface area contributed by atoms with Crippen molar-refractivity contribution in [2.75, 3.05) is 49.5 Å². The van der Waals surface area contributed by atoms with Crippen LogP contribution >= 0.6 is 11.3 Å². The number of thiazole rings is 1. The molecule has 1 fully saturated rings. The highest BCUT2D eigenvalue weighted by atomic mass is 32.1. The van der Waals surface area contributed by atoms with E-state index in [1.807, 2.05) is 11.4 Å². The normalized spacial score (nSPS) is 14.6. The second-order valence-electron chi connectivity index (χ2n) is 7.26. The van der Waals surface area contributed by atoms with Crippen molar-refractivity contribution in [1.82, 2.24) is 9.88 Å². The van der Waals surface area contributed by atoms with Gasteiger partial charge in [-0.05, 0) is 24.3 Å². The maximum atomic E-state index is 13.4. The Morgan fingerprint density at radius 3 is 2.55 bits per heavy atom. The van der Waals surface area contributed by atoms with Crippen LogP contribution < -0.4 is 10.2 Å². The molecule has 31 heavy (non-hydrogen) atoms. The van der Waals surface area contributed by atoms with Crippen LogP contribution in [0.2, 0.25) is 0 Å². The third kappa shape index (κ3) is 5.25. The lowest BCUT2D eigenvalue weighted by atomic mass is 10.1. The van der Waals surface area contributed by atoms with Crippen molar-refractivity contribution in [2.24, 2.45) is 0 Å². The van der Waals surface area contributed by atoms with Crippen molar-refractivity contribution in [2.45, 2.75) is 0 Å². The topological polar surface area (TPSA) is 68.7 Å². The van der Waals surface area contributed by atoms with Crippen LogP contribution in [0, 0.1) is 11.6 Å². The number of nitrogens with one attached hydrogen (secondary N) is 1. The number of carbonyl (C=O) groups is 1. The lowest BCUT2D eigenvalue weighted by molar-refractivity contribution is 0.102. The van der Waals surface area contributed by atoms with Gasteiger partial charge in [0.05, 0.1) is 12.3 Å². The molecule has 0 aliphatic carbocycles. The highest BCUT2D eigenvalue weighted by Gasteiger charge is 2.19. The second kappa shape index (κ2) is 9.51. The van der Waals surface area contributed by atoms with Crippen molar-refractivity contribution in [1.29, 1.82) is 0 Å². The summed E-state index contributed by atoms with van der Waals surface area (Å²) in [5.41, 5.74) is 2.06. The molecule has 2 N–H and O–H groups in total. The van der Waals surface area contributed by atoms with Gasteiger partial charge < -0.3 is 15.3 Å². The molecule has 162 valence electrons. The quantitative estimate of drug-likeness (QED) is 0.610. The molecule has 0 spiro atoms. The van der Waals surface area contributed by atoms with Crippen LogP contribution in [-0.4, -0.2) is 60.2 Å². The average Bonchev–Trinajstić information content (AvgIpc) is 3.24. The van der Waals surface area contributed by atoms with Gasteiger partial charge in [-0.15, -0.1) is 11.3 Å². The number of anilines is 2. The average molecular weight is 445 g/mol. The fraction of sp³-hybridized carbons (Fsp3) is 0.273. The number of β-amino-alcohol motifs (C(OH)–C–C–N with tert-alkyl or cyclic N) is 1. The molecular formula is C22H22F2N4O2S. The van der Waals surface area contributed by atoms with Crippen LogP contribution in [-0.2, 0) is 0 Å². The van der Waals surface area contributed by atoms with Gasteiger partial charge in [-0.3, -0.25) is 9.69 Å². The van der Waals surface area contributed by atoms with Crippen molar-refractivity contribution < 1.29 is 18.7 Å². The lowest BCUT2D eigenvalue weighted by Crippen LogP contribution is -2.47. The molecule has 1 aliphatic rings. The molecule has 0 atom stereocenters. The molecule has 1 saturated heterocycles. The van der Waals surface area contributed by atoms with E-state index in [0.717, 1.165) is 60.8 Å². The smallest absolute Gasteiger partial charge is 0.255 e. The number of rotatable bonds is 6. The molecule has 0 radical (unpaired) electrons. The number of hydrogen-bond acceptors (Lipinski definition) is 6. The number of aromatic nitrogens is 1. The number of nitrogens with zero attached hydrogens (tertiary/aromatic N) is 3. The summed E-state index contributed by atoms with van der Waals surface area (Å²) < 4.78 is 26.8. The third-order valence-electron chi connectivity index (χ3n) is 5.09. The van der Waals surface area contributed by atoms with Crippen LogP contribution in [0.15, 0.2) is 47.8 Å². The second-order valence-corrected chi connectivity index (χ2v) is 8.10. The Morgan fingerprint density at radius 2 is 1.84 bits per heavy atom. The predicted octanol–water partition coefficient (Wildman–Crippen LogP) is 3.45. The number of aliphatic hydroxyl groups excluding tert-OH is 1. The van der Waals surface area contributed by atoms with Crippen LogP contribution in [0.25, 0.3) is 11.3 Å². The van der Waals surface area contributed by atoms with Crippen LogP contribution in [0.5, 0.6) is 0 Å². The van der Waals surface area contributed by atoms with E-state index in [-0.39, 0.29) is 12.2 Å². The first-order chi connectivity index (χ1) is 15.0. The van der Waals surface area contributed by atoms with E-state index in [0.29, 0.717) is 12.2 Å². The third-order valence-corrected chi connectivity index (χ3v) is 5.99. The molecule has 1 aliphatic heterocycles. The van der Waals surface area contributed by atoms with E-state index in [1.54, 1.807) is 29.5 Å². The Labute approximate surface area is 182 Å². The lowest BCUT2D eigenvalue weighted by Gasteiger charge is -2.34. The Hall–Kier alpha value is -2.88. The number of piperazine rings is 1. The minimum atomic E-state index is -0.800. The molecule has 2 aromatic carbocycles. The van der Waals surface area contributed by atoms with Crippen molar-refractivity contribution in [3.63, 3.8) is 0 Å². The van der Waals surface area contributed by atoms with E-state index >= 15 is 0 Å². The fourth-order valence-electron chi connectivity index (χ4n) is 3.49. The monoisotopic (exact) mass is 444 g/mol. The first-order valence-corrected chi connectivity index (χ1v) is 10.8. The molecule has 1 aromatic heterocycles. The maximum Gasteiger partial charge on any atom is 0.255 e. The van der Waals surface area contributed by atoms with Gasteiger partial charge >= 0.3 is 0 Å².